The van der Waals surface area contributed by atoms with Gasteiger partial charge in [-0.05, 0) is 43.2 Å². The van der Waals surface area contributed by atoms with Gasteiger partial charge in [0, 0.05) is 44.2 Å². The van der Waals surface area contributed by atoms with Gasteiger partial charge in [0.15, 0.2) is 0 Å². The third-order valence-corrected chi connectivity index (χ3v) is 4.22. The van der Waals surface area contributed by atoms with Crippen molar-refractivity contribution < 1.29 is 9.59 Å². The summed E-state index contributed by atoms with van der Waals surface area (Å²) in [6, 6.07) is 4.05. The van der Waals surface area contributed by atoms with Gasteiger partial charge < -0.3 is 11.1 Å². The monoisotopic (exact) mass is 303 g/mol. The number of amides is 1. The van der Waals surface area contributed by atoms with Gasteiger partial charge in [-0.25, -0.2) is 0 Å². The van der Waals surface area contributed by atoms with Gasteiger partial charge in [0.2, 0.25) is 5.91 Å². The van der Waals surface area contributed by atoms with Crippen LogP contribution in [0.4, 0.5) is 0 Å². The zero-order chi connectivity index (χ0) is 15.8. The second-order valence-electron chi connectivity index (χ2n) is 6.10. The summed E-state index contributed by atoms with van der Waals surface area (Å²) in [7, 11) is 0. The van der Waals surface area contributed by atoms with E-state index in [0.717, 1.165) is 31.2 Å². The van der Waals surface area contributed by atoms with E-state index in [2.05, 4.69) is 10.3 Å². The quantitative estimate of drug-likeness (QED) is 0.801. The first kappa shape index (κ1) is 16.6. The third kappa shape index (κ3) is 5.56. The van der Waals surface area contributed by atoms with E-state index in [1.807, 2.05) is 12.1 Å². The van der Waals surface area contributed by atoms with E-state index >= 15 is 0 Å². The van der Waals surface area contributed by atoms with Crippen molar-refractivity contribution in [3.05, 3.63) is 30.1 Å². The van der Waals surface area contributed by atoms with Crippen LogP contribution in [0.2, 0.25) is 0 Å². The number of carbonyl (C=O) groups is 2. The molecule has 1 saturated carbocycles. The number of nitrogens with two attached hydrogens (primary N) is 1. The van der Waals surface area contributed by atoms with Crippen LogP contribution in [0, 0.1) is 5.92 Å². The maximum absolute atomic E-state index is 12.1. The van der Waals surface area contributed by atoms with E-state index in [1.165, 1.54) is 0 Å². The average molecular weight is 303 g/mol. The molecule has 1 aliphatic rings. The zero-order valence-electron chi connectivity index (χ0n) is 13.0. The van der Waals surface area contributed by atoms with Gasteiger partial charge in [-0.2, -0.15) is 0 Å². The lowest BCUT2D eigenvalue weighted by atomic mass is 9.82. The van der Waals surface area contributed by atoms with Crippen LogP contribution in [0.1, 0.15) is 44.1 Å². The molecule has 1 fully saturated rings. The largest absolute Gasteiger partial charge is 0.353 e. The van der Waals surface area contributed by atoms with E-state index < -0.39 is 0 Å². The fourth-order valence-electron chi connectivity index (χ4n) is 3.07. The van der Waals surface area contributed by atoms with Gasteiger partial charge in [0.25, 0.3) is 0 Å². The number of Topliss-reactive ketones (excluding diaryl/α,β-unsaturated/α-hetero) is 1. The molecule has 0 atom stereocenters. The van der Waals surface area contributed by atoms with Crippen LogP contribution < -0.4 is 11.1 Å². The van der Waals surface area contributed by atoms with Crippen LogP contribution in [-0.2, 0) is 16.0 Å². The lowest BCUT2D eigenvalue weighted by molar-refractivity contribution is -0.122. The SMILES string of the molecule is NCCC(=O)NC1CCC(CC(=O)Cc2cccnc2)CC1. The Labute approximate surface area is 131 Å². The molecular weight excluding hydrogens is 278 g/mol. The number of nitrogens with zero attached hydrogens (tertiary/aromatic N) is 1. The lowest BCUT2D eigenvalue weighted by Gasteiger charge is -2.28. The van der Waals surface area contributed by atoms with Crippen molar-refractivity contribution in [2.45, 2.75) is 51.0 Å². The number of nitrogens with one attached hydrogen (secondary N) is 1. The van der Waals surface area contributed by atoms with Crippen molar-refractivity contribution in [2.75, 3.05) is 6.54 Å². The molecule has 120 valence electrons. The number of pyridine rings is 1. The van der Waals surface area contributed by atoms with Gasteiger partial charge >= 0.3 is 0 Å². The summed E-state index contributed by atoms with van der Waals surface area (Å²) in [6.07, 6.45) is 8.90. The average Bonchev–Trinajstić information content (AvgIpc) is 2.50. The molecule has 5 nitrogen and oxygen atoms in total. The summed E-state index contributed by atoms with van der Waals surface area (Å²) in [6.45, 7) is 0.393. The molecule has 0 bridgehead atoms. The molecule has 1 heterocycles. The first-order valence-corrected chi connectivity index (χ1v) is 8.07. The molecule has 1 aromatic rings. The number of carbonyl (C=O) groups excluding carboxylic acids is 2. The number of rotatable bonds is 7. The highest BCUT2D eigenvalue weighted by Crippen LogP contribution is 2.27. The molecule has 0 radical (unpaired) electrons. The molecule has 0 unspecified atom stereocenters. The molecular formula is C17H25N3O2. The molecule has 3 N–H and O–H groups in total. The summed E-state index contributed by atoms with van der Waals surface area (Å²) >= 11 is 0. The molecule has 0 aromatic carbocycles. The fraction of sp³-hybridized carbons (Fsp3) is 0.588. The topological polar surface area (TPSA) is 85.1 Å². The molecule has 1 aliphatic carbocycles. The highest BCUT2D eigenvalue weighted by Gasteiger charge is 2.23. The Bertz CT molecular complexity index is 482. The van der Waals surface area contributed by atoms with Crippen LogP contribution in [0.3, 0.4) is 0 Å². The van der Waals surface area contributed by atoms with E-state index in [4.69, 9.17) is 5.73 Å². The minimum Gasteiger partial charge on any atom is -0.353 e. The normalized spacial score (nSPS) is 21.3. The van der Waals surface area contributed by atoms with Crippen molar-refractivity contribution in [3.8, 4) is 0 Å². The number of ketones is 1. The highest BCUT2D eigenvalue weighted by atomic mass is 16.1. The molecule has 5 heteroatoms. The van der Waals surface area contributed by atoms with Gasteiger partial charge in [-0.15, -0.1) is 0 Å². The van der Waals surface area contributed by atoms with Gasteiger partial charge in [0.1, 0.15) is 5.78 Å². The molecule has 0 aliphatic heterocycles. The Morgan fingerprint density at radius 1 is 1.27 bits per heavy atom. The van der Waals surface area contributed by atoms with Crippen LogP contribution in [0.25, 0.3) is 0 Å². The lowest BCUT2D eigenvalue weighted by Crippen LogP contribution is -2.38. The van der Waals surface area contributed by atoms with Gasteiger partial charge in [0.05, 0.1) is 0 Å². The zero-order valence-corrected chi connectivity index (χ0v) is 13.0. The summed E-state index contributed by atoms with van der Waals surface area (Å²) in [4.78, 5) is 27.7. The Hall–Kier alpha value is -1.75. The van der Waals surface area contributed by atoms with Crippen molar-refractivity contribution in [2.24, 2.45) is 11.7 Å². The van der Waals surface area contributed by atoms with E-state index in [0.29, 0.717) is 31.7 Å². The van der Waals surface area contributed by atoms with Crippen molar-refractivity contribution in [3.63, 3.8) is 0 Å². The number of hydrogen-bond acceptors (Lipinski definition) is 4. The van der Waals surface area contributed by atoms with Gasteiger partial charge in [-0.3, -0.25) is 14.6 Å². The second kappa shape index (κ2) is 8.63. The van der Waals surface area contributed by atoms with Crippen LogP contribution in [0.5, 0.6) is 0 Å². The number of aromatic nitrogens is 1. The Kier molecular flexibility index (Phi) is 6.52. The molecule has 22 heavy (non-hydrogen) atoms. The third-order valence-electron chi connectivity index (χ3n) is 4.22. The minimum atomic E-state index is 0.0404. The Morgan fingerprint density at radius 3 is 2.68 bits per heavy atom. The van der Waals surface area contributed by atoms with Gasteiger partial charge in [-0.1, -0.05) is 6.07 Å². The smallest absolute Gasteiger partial charge is 0.221 e. The van der Waals surface area contributed by atoms with Crippen LogP contribution in [0.15, 0.2) is 24.5 Å². The van der Waals surface area contributed by atoms with Crippen molar-refractivity contribution in [1.29, 1.82) is 0 Å². The van der Waals surface area contributed by atoms with Crippen molar-refractivity contribution in [1.82, 2.24) is 10.3 Å². The molecule has 1 amide bonds. The van der Waals surface area contributed by atoms with E-state index in [1.54, 1.807) is 12.4 Å². The molecule has 0 spiro atoms. The van der Waals surface area contributed by atoms with E-state index in [-0.39, 0.29) is 17.7 Å². The predicted molar refractivity (Wildman–Crippen MR) is 85.1 cm³/mol. The Morgan fingerprint density at radius 2 is 2.05 bits per heavy atom. The molecule has 0 saturated heterocycles. The predicted octanol–water partition coefficient (Wildman–Crippen LogP) is 1.61. The summed E-state index contributed by atoms with van der Waals surface area (Å²) in [5, 5.41) is 3.02. The summed E-state index contributed by atoms with van der Waals surface area (Å²) in [5.41, 5.74) is 6.35. The standard InChI is InChI=1S/C17H25N3O2/c18-8-7-17(22)20-15-5-3-13(4-6-15)10-16(21)11-14-2-1-9-19-12-14/h1-2,9,12-13,15H,3-8,10-11,18H2,(H,20,22). The van der Waals surface area contributed by atoms with Crippen LogP contribution >= 0.6 is 0 Å². The second-order valence-corrected chi connectivity index (χ2v) is 6.10. The maximum atomic E-state index is 12.1. The Balaban J connectivity index is 1.68. The van der Waals surface area contributed by atoms with Crippen molar-refractivity contribution >= 4 is 11.7 Å². The summed E-state index contributed by atoms with van der Waals surface area (Å²) < 4.78 is 0. The first-order valence-electron chi connectivity index (χ1n) is 8.07. The molecule has 1 aromatic heterocycles. The highest BCUT2D eigenvalue weighted by molar-refractivity contribution is 5.81. The molecule has 2 rings (SSSR count). The van der Waals surface area contributed by atoms with Crippen LogP contribution in [-0.4, -0.2) is 29.3 Å². The fourth-order valence-corrected chi connectivity index (χ4v) is 3.07. The van der Waals surface area contributed by atoms with E-state index in [9.17, 15) is 9.59 Å². The summed E-state index contributed by atoms with van der Waals surface area (Å²) in [5.74, 6) is 0.772. The first-order chi connectivity index (χ1) is 10.7. The number of hydrogen-bond donors (Lipinski definition) is 2. The maximum Gasteiger partial charge on any atom is 0.221 e. The minimum absolute atomic E-state index is 0.0404.